The van der Waals surface area contributed by atoms with Gasteiger partial charge >= 0.3 is 0 Å². The maximum atomic E-state index is 4.48. The van der Waals surface area contributed by atoms with Crippen LogP contribution >= 0.6 is 0 Å². The van der Waals surface area contributed by atoms with Gasteiger partial charge in [-0.2, -0.15) is 4.98 Å². The number of nitrogens with one attached hydrogen (secondary N) is 1. The van der Waals surface area contributed by atoms with Crippen LogP contribution < -0.4 is 5.32 Å². The van der Waals surface area contributed by atoms with E-state index in [1.54, 1.807) is 0 Å². The molecule has 2 aromatic heterocycles. The first-order valence-corrected chi connectivity index (χ1v) is 6.65. The van der Waals surface area contributed by atoms with Crippen molar-refractivity contribution < 1.29 is 0 Å². The van der Waals surface area contributed by atoms with E-state index < -0.39 is 0 Å². The number of pyridine rings is 1. The van der Waals surface area contributed by atoms with Crippen LogP contribution in [0.15, 0.2) is 18.2 Å². The van der Waals surface area contributed by atoms with Gasteiger partial charge in [0, 0.05) is 11.7 Å². The molecule has 0 bridgehead atoms. The van der Waals surface area contributed by atoms with E-state index in [1.165, 1.54) is 6.42 Å². The van der Waals surface area contributed by atoms with Crippen molar-refractivity contribution in [3.05, 3.63) is 23.9 Å². The molecular weight excluding hydrogens is 224 g/mol. The van der Waals surface area contributed by atoms with Gasteiger partial charge in [-0.05, 0) is 44.7 Å². The molecule has 0 saturated heterocycles. The van der Waals surface area contributed by atoms with E-state index in [1.807, 2.05) is 29.6 Å². The van der Waals surface area contributed by atoms with Gasteiger partial charge in [-0.3, -0.25) is 0 Å². The second kappa shape index (κ2) is 5.38. The number of rotatable bonds is 5. The Labute approximate surface area is 108 Å². The monoisotopic (exact) mass is 246 g/mol. The largest absolute Gasteiger partial charge is 0.350 e. The fourth-order valence-corrected chi connectivity index (χ4v) is 1.97. The molecular formula is C14H22N4. The molecule has 0 spiro atoms. The lowest BCUT2D eigenvalue weighted by atomic mass is 10.0. The molecule has 18 heavy (non-hydrogen) atoms. The van der Waals surface area contributed by atoms with E-state index in [2.05, 4.69) is 36.2 Å². The van der Waals surface area contributed by atoms with Crippen LogP contribution in [0.4, 0.5) is 5.95 Å². The maximum Gasteiger partial charge on any atom is 0.243 e. The molecule has 1 atom stereocenters. The van der Waals surface area contributed by atoms with Crippen LogP contribution in [0.1, 0.15) is 39.3 Å². The molecule has 0 aromatic carbocycles. The topological polar surface area (TPSA) is 42.2 Å². The Hall–Kier alpha value is -1.58. The van der Waals surface area contributed by atoms with Gasteiger partial charge in [0.25, 0.3) is 0 Å². The molecule has 0 aliphatic heterocycles. The van der Waals surface area contributed by atoms with Crippen molar-refractivity contribution in [1.29, 1.82) is 0 Å². The summed E-state index contributed by atoms with van der Waals surface area (Å²) >= 11 is 0. The Morgan fingerprint density at radius 2 is 2.00 bits per heavy atom. The Morgan fingerprint density at radius 3 is 2.67 bits per heavy atom. The normalized spacial score (nSPS) is 13.2. The molecule has 4 heteroatoms. The van der Waals surface area contributed by atoms with Gasteiger partial charge in [-0.25, -0.2) is 4.52 Å². The number of nitrogens with zero attached hydrogens (tertiary/aromatic N) is 3. The minimum absolute atomic E-state index is 0.408. The van der Waals surface area contributed by atoms with Gasteiger partial charge in [0.15, 0.2) is 5.65 Å². The maximum absolute atomic E-state index is 4.48. The second-order valence-corrected chi connectivity index (χ2v) is 5.39. The summed E-state index contributed by atoms with van der Waals surface area (Å²) in [7, 11) is 0. The Bertz CT molecular complexity index is 515. The summed E-state index contributed by atoms with van der Waals surface area (Å²) in [4.78, 5) is 4.48. The van der Waals surface area contributed by atoms with Crippen LogP contribution in [-0.2, 0) is 0 Å². The van der Waals surface area contributed by atoms with Crippen LogP contribution in [0.5, 0.6) is 0 Å². The van der Waals surface area contributed by atoms with Crippen molar-refractivity contribution in [1.82, 2.24) is 14.6 Å². The number of hydrogen-bond acceptors (Lipinski definition) is 3. The minimum atomic E-state index is 0.408. The number of aryl methyl sites for hydroxylation is 1. The van der Waals surface area contributed by atoms with E-state index >= 15 is 0 Å². The van der Waals surface area contributed by atoms with Gasteiger partial charge < -0.3 is 5.32 Å². The summed E-state index contributed by atoms with van der Waals surface area (Å²) in [6.07, 6.45) is 2.37. The van der Waals surface area contributed by atoms with Gasteiger partial charge in [0.2, 0.25) is 5.95 Å². The molecule has 2 rings (SSSR count). The molecule has 0 fully saturated rings. The van der Waals surface area contributed by atoms with E-state index in [-0.39, 0.29) is 0 Å². The van der Waals surface area contributed by atoms with Crippen LogP contribution in [0.3, 0.4) is 0 Å². The zero-order chi connectivity index (χ0) is 13.1. The van der Waals surface area contributed by atoms with E-state index in [4.69, 9.17) is 0 Å². The first kappa shape index (κ1) is 12.9. The van der Waals surface area contributed by atoms with Gasteiger partial charge in [-0.1, -0.05) is 19.9 Å². The average Bonchev–Trinajstić information content (AvgIpc) is 2.70. The number of anilines is 1. The molecule has 0 aliphatic rings. The van der Waals surface area contributed by atoms with Crippen LogP contribution in [0.2, 0.25) is 0 Å². The molecule has 0 saturated carbocycles. The van der Waals surface area contributed by atoms with Crippen molar-refractivity contribution >= 4 is 11.6 Å². The fourth-order valence-electron chi connectivity index (χ4n) is 1.97. The Morgan fingerprint density at radius 1 is 1.22 bits per heavy atom. The molecule has 0 radical (unpaired) electrons. The van der Waals surface area contributed by atoms with E-state index in [0.717, 1.165) is 29.6 Å². The highest BCUT2D eigenvalue weighted by atomic mass is 15.4. The zero-order valence-electron chi connectivity index (χ0n) is 11.6. The first-order valence-electron chi connectivity index (χ1n) is 6.65. The number of fused-ring (bicyclic) bond motifs is 1. The predicted octanol–water partition coefficient (Wildman–Crippen LogP) is 3.27. The third-order valence-corrected chi connectivity index (χ3v) is 3.10. The molecule has 2 aromatic rings. The van der Waals surface area contributed by atoms with Crippen molar-refractivity contribution in [3.8, 4) is 0 Å². The van der Waals surface area contributed by atoms with Crippen molar-refractivity contribution in [3.63, 3.8) is 0 Å². The second-order valence-electron chi connectivity index (χ2n) is 5.39. The molecule has 2 heterocycles. The zero-order valence-corrected chi connectivity index (χ0v) is 11.6. The smallest absolute Gasteiger partial charge is 0.243 e. The van der Waals surface area contributed by atoms with Crippen LogP contribution in [0, 0.1) is 12.8 Å². The van der Waals surface area contributed by atoms with Gasteiger partial charge in [0.1, 0.15) is 0 Å². The van der Waals surface area contributed by atoms with Gasteiger partial charge in [-0.15, -0.1) is 5.10 Å². The highest BCUT2D eigenvalue weighted by Gasteiger charge is 2.08. The molecule has 4 nitrogen and oxygen atoms in total. The summed E-state index contributed by atoms with van der Waals surface area (Å²) in [5.74, 6) is 1.46. The lowest BCUT2D eigenvalue weighted by Gasteiger charge is -2.13. The number of hydrogen-bond donors (Lipinski definition) is 1. The Balaban J connectivity index is 2.05. The third kappa shape index (κ3) is 3.00. The highest BCUT2D eigenvalue weighted by molar-refractivity contribution is 5.44. The molecule has 1 unspecified atom stereocenters. The average molecular weight is 246 g/mol. The molecule has 0 amide bonds. The van der Waals surface area contributed by atoms with Crippen LogP contribution in [0.25, 0.3) is 5.65 Å². The first-order chi connectivity index (χ1) is 8.56. The lowest BCUT2D eigenvalue weighted by Crippen LogP contribution is -2.16. The minimum Gasteiger partial charge on any atom is -0.350 e. The Kier molecular flexibility index (Phi) is 3.84. The fraction of sp³-hybridized carbons (Fsp3) is 0.571. The quantitative estimate of drug-likeness (QED) is 0.880. The molecule has 0 aliphatic carbocycles. The standard InChI is InChI=1S/C14H22N4/c1-10(2)8-9-11(3)15-14-16-13-7-5-6-12(4)18(13)17-14/h5-7,10-11H,8-9H2,1-4H3,(H,15,17). The van der Waals surface area contributed by atoms with Crippen molar-refractivity contribution in [2.45, 2.75) is 46.6 Å². The molecule has 98 valence electrons. The molecule has 1 N–H and O–H groups in total. The lowest BCUT2D eigenvalue weighted by molar-refractivity contribution is 0.526. The summed E-state index contributed by atoms with van der Waals surface area (Å²) in [6, 6.07) is 6.42. The highest BCUT2D eigenvalue weighted by Crippen LogP contribution is 2.12. The SMILES string of the molecule is Cc1cccc2nc(NC(C)CCC(C)C)nn12. The van der Waals surface area contributed by atoms with Gasteiger partial charge in [0.05, 0.1) is 0 Å². The van der Waals surface area contributed by atoms with E-state index in [0.29, 0.717) is 6.04 Å². The summed E-state index contributed by atoms with van der Waals surface area (Å²) in [5.41, 5.74) is 2.00. The summed E-state index contributed by atoms with van der Waals surface area (Å²) in [6.45, 7) is 8.72. The van der Waals surface area contributed by atoms with E-state index in [9.17, 15) is 0 Å². The van der Waals surface area contributed by atoms with Crippen molar-refractivity contribution in [2.75, 3.05) is 5.32 Å². The van der Waals surface area contributed by atoms with Crippen LogP contribution in [-0.4, -0.2) is 20.6 Å². The summed E-state index contributed by atoms with van der Waals surface area (Å²) < 4.78 is 1.87. The summed E-state index contributed by atoms with van der Waals surface area (Å²) in [5, 5.41) is 7.84. The third-order valence-electron chi connectivity index (χ3n) is 3.10. The predicted molar refractivity (Wildman–Crippen MR) is 74.9 cm³/mol. The van der Waals surface area contributed by atoms with Crippen molar-refractivity contribution in [2.24, 2.45) is 5.92 Å². The number of aromatic nitrogens is 3.